The van der Waals surface area contributed by atoms with Crippen molar-refractivity contribution >= 4 is 28.6 Å². The summed E-state index contributed by atoms with van der Waals surface area (Å²) in [7, 11) is 0. The summed E-state index contributed by atoms with van der Waals surface area (Å²) < 4.78 is 5.86. The maximum absolute atomic E-state index is 11.1. The Hall–Kier alpha value is -0.580. The summed E-state index contributed by atoms with van der Waals surface area (Å²) in [4.78, 5) is 11.1. The van der Waals surface area contributed by atoms with Crippen LogP contribution in [0.1, 0.15) is 18.1 Å². The fourth-order valence-electron chi connectivity index (χ4n) is 1.12. The van der Waals surface area contributed by atoms with E-state index in [2.05, 4.69) is 22.6 Å². The molecule has 2 nitrogen and oxygen atoms in total. The second kappa shape index (κ2) is 6.01. The summed E-state index contributed by atoms with van der Waals surface area (Å²) >= 11 is 2.31. The van der Waals surface area contributed by atoms with Crippen LogP contribution in [0.5, 0.6) is 0 Å². The molecule has 0 saturated carbocycles. The van der Waals surface area contributed by atoms with E-state index in [1.54, 1.807) is 0 Å². The van der Waals surface area contributed by atoms with E-state index in [0.29, 0.717) is 13.0 Å². The van der Waals surface area contributed by atoms with E-state index in [1.165, 1.54) is 5.56 Å². The van der Waals surface area contributed by atoms with Crippen molar-refractivity contribution in [3.05, 3.63) is 35.4 Å². The van der Waals surface area contributed by atoms with Gasteiger partial charge in [-0.3, -0.25) is 4.79 Å². The van der Waals surface area contributed by atoms with Crippen molar-refractivity contribution < 1.29 is 9.53 Å². The van der Waals surface area contributed by atoms with Crippen molar-refractivity contribution in [1.82, 2.24) is 0 Å². The number of esters is 1. The lowest BCUT2D eigenvalue weighted by Gasteiger charge is -2.02. The minimum Gasteiger partial charge on any atom is -0.466 e. The number of halogens is 1. The Morgan fingerprint density at radius 3 is 2.36 bits per heavy atom. The van der Waals surface area contributed by atoms with Gasteiger partial charge in [0.05, 0.1) is 13.0 Å². The van der Waals surface area contributed by atoms with Gasteiger partial charge in [-0.25, -0.2) is 0 Å². The molecule has 14 heavy (non-hydrogen) atoms. The molecular formula is C11H13IO2. The zero-order chi connectivity index (χ0) is 10.4. The van der Waals surface area contributed by atoms with Crippen LogP contribution in [0, 0.1) is 0 Å². The highest BCUT2D eigenvalue weighted by Gasteiger charge is 2.02. The SMILES string of the molecule is CCOC(=O)Cc1ccc(CI)cc1. The molecule has 0 atom stereocenters. The number of benzene rings is 1. The van der Waals surface area contributed by atoms with Gasteiger partial charge in [-0.1, -0.05) is 46.9 Å². The van der Waals surface area contributed by atoms with E-state index in [-0.39, 0.29) is 5.97 Å². The van der Waals surface area contributed by atoms with E-state index in [0.717, 1.165) is 9.99 Å². The van der Waals surface area contributed by atoms with Crippen molar-refractivity contribution in [3.63, 3.8) is 0 Å². The Morgan fingerprint density at radius 1 is 1.29 bits per heavy atom. The topological polar surface area (TPSA) is 26.3 Å². The lowest BCUT2D eigenvalue weighted by Crippen LogP contribution is -2.07. The highest BCUT2D eigenvalue weighted by Crippen LogP contribution is 2.09. The van der Waals surface area contributed by atoms with Crippen molar-refractivity contribution in [2.45, 2.75) is 17.8 Å². The standard InChI is InChI=1S/C11H13IO2/c1-2-14-11(13)7-9-3-5-10(8-12)6-4-9/h3-6H,2,7-8H2,1H3. The van der Waals surface area contributed by atoms with Crippen molar-refractivity contribution in [2.75, 3.05) is 6.61 Å². The number of hydrogen-bond donors (Lipinski definition) is 0. The van der Waals surface area contributed by atoms with Gasteiger partial charge in [-0.15, -0.1) is 0 Å². The van der Waals surface area contributed by atoms with Gasteiger partial charge in [0, 0.05) is 4.43 Å². The molecule has 0 heterocycles. The average molecular weight is 304 g/mol. The van der Waals surface area contributed by atoms with Gasteiger partial charge in [-0.05, 0) is 18.1 Å². The van der Waals surface area contributed by atoms with Crippen LogP contribution < -0.4 is 0 Å². The first kappa shape index (κ1) is 11.5. The minimum absolute atomic E-state index is 0.158. The molecule has 76 valence electrons. The Bertz CT molecular complexity index is 293. The zero-order valence-electron chi connectivity index (χ0n) is 8.13. The molecular weight excluding hydrogens is 291 g/mol. The van der Waals surface area contributed by atoms with Crippen molar-refractivity contribution in [3.8, 4) is 0 Å². The first-order chi connectivity index (χ1) is 6.76. The smallest absolute Gasteiger partial charge is 0.310 e. The van der Waals surface area contributed by atoms with Crippen LogP contribution in [0.25, 0.3) is 0 Å². The largest absolute Gasteiger partial charge is 0.466 e. The highest BCUT2D eigenvalue weighted by molar-refractivity contribution is 14.1. The molecule has 0 fully saturated rings. The summed E-state index contributed by atoms with van der Waals surface area (Å²) in [5.74, 6) is -0.158. The van der Waals surface area contributed by atoms with Crippen LogP contribution >= 0.6 is 22.6 Å². The second-order valence-electron chi connectivity index (χ2n) is 2.93. The summed E-state index contributed by atoms with van der Waals surface area (Å²) in [5.41, 5.74) is 2.29. The number of hydrogen-bond acceptors (Lipinski definition) is 2. The van der Waals surface area contributed by atoms with Crippen LogP contribution in [-0.2, 0) is 20.4 Å². The first-order valence-corrected chi connectivity index (χ1v) is 6.08. The molecule has 0 amide bonds. The molecule has 1 aromatic carbocycles. The average Bonchev–Trinajstić information content (AvgIpc) is 2.19. The predicted octanol–water partition coefficient (Wildman–Crippen LogP) is 2.73. The molecule has 0 aromatic heterocycles. The maximum atomic E-state index is 11.1. The molecule has 0 bridgehead atoms. The number of ether oxygens (including phenoxy) is 1. The van der Waals surface area contributed by atoms with Gasteiger partial charge in [0.1, 0.15) is 0 Å². The van der Waals surface area contributed by atoms with E-state index < -0.39 is 0 Å². The van der Waals surface area contributed by atoms with Crippen LogP contribution in [-0.4, -0.2) is 12.6 Å². The van der Waals surface area contributed by atoms with Crippen molar-refractivity contribution in [2.24, 2.45) is 0 Å². The van der Waals surface area contributed by atoms with Gasteiger partial charge >= 0.3 is 5.97 Å². The maximum Gasteiger partial charge on any atom is 0.310 e. The molecule has 0 N–H and O–H groups in total. The molecule has 0 saturated heterocycles. The molecule has 0 aliphatic rings. The predicted molar refractivity (Wildman–Crippen MR) is 64.5 cm³/mol. The lowest BCUT2D eigenvalue weighted by atomic mass is 10.1. The second-order valence-corrected chi connectivity index (χ2v) is 3.69. The normalized spacial score (nSPS) is 9.86. The quantitative estimate of drug-likeness (QED) is 0.486. The van der Waals surface area contributed by atoms with E-state index in [4.69, 9.17) is 4.74 Å². The minimum atomic E-state index is -0.158. The fourth-order valence-corrected chi connectivity index (χ4v) is 1.63. The van der Waals surface area contributed by atoms with E-state index in [1.807, 2.05) is 31.2 Å². The van der Waals surface area contributed by atoms with Crippen LogP contribution in [0.3, 0.4) is 0 Å². The highest BCUT2D eigenvalue weighted by atomic mass is 127. The Morgan fingerprint density at radius 2 is 1.86 bits per heavy atom. The molecule has 0 aliphatic heterocycles. The molecule has 0 aliphatic carbocycles. The number of carbonyl (C=O) groups excluding carboxylic acids is 1. The Labute approximate surface area is 97.8 Å². The zero-order valence-corrected chi connectivity index (χ0v) is 10.3. The van der Waals surface area contributed by atoms with Gasteiger partial charge in [0.15, 0.2) is 0 Å². The molecule has 0 radical (unpaired) electrons. The third kappa shape index (κ3) is 3.65. The monoisotopic (exact) mass is 304 g/mol. The Balaban J connectivity index is 2.55. The Kier molecular flexibility index (Phi) is 4.93. The van der Waals surface area contributed by atoms with Crippen molar-refractivity contribution in [1.29, 1.82) is 0 Å². The van der Waals surface area contributed by atoms with Crippen LogP contribution in [0.2, 0.25) is 0 Å². The number of rotatable bonds is 4. The summed E-state index contributed by atoms with van der Waals surface area (Å²) in [5, 5.41) is 0. The summed E-state index contributed by atoms with van der Waals surface area (Å²) in [6.07, 6.45) is 0.370. The molecule has 0 unspecified atom stereocenters. The van der Waals surface area contributed by atoms with E-state index in [9.17, 15) is 4.79 Å². The van der Waals surface area contributed by atoms with Gasteiger partial charge < -0.3 is 4.74 Å². The van der Waals surface area contributed by atoms with Gasteiger partial charge in [-0.2, -0.15) is 0 Å². The van der Waals surface area contributed by atoms with Gasteiger partial charge in [0.2, 0.25) is 0 Å². The van der Waals surface area contributed by atoms with E-state index >= 15 is 0 Å². The number of carbonyl (C=O) groups is 1. The molecule has 3 heteroatoms. The molecule has 0 spiro atoms. The first-order valence-electron chi connectivity index (χ1n) is 4.55. The number of alkyl halides is 1. The van der Waals surface area contributed by atoms with Crippen LogP contribution in [0.15, 0.2) is 24.3 Å². The molecule has 1 aromatic rings. The summed E-state index contributed by atoms with van der Waals surface area (Å²) in [6, 6.07) is 8.04. The molecule has 1 rings (SSSR count). The third-order valence-corrected chi connectivity index (χ3v) is 2.71. The van der Waals surface area contributed by atoms with Crippen LogP contribution in [0.4, 0.5) is 0 Å². The third-order valence-electron chi connectivity index (χ3n) is 1.83. The summed E-state index contributed by atoms with van der Waals surface area (Å²) in [6.45, 7) is 2.27. The van der Waals surface area contributed by atoms with Gasteiger partial charge in [0.25, 0.3) is 0 Å². The fraction of sp³-hybridized carbons (Fsp3) is 0.364. The lowest BCUT2D eigenvalue weighted by molar-refractivity contribution is -0.142.